The standard InChI is InChI=1S/C42H27NO2/c1-3-12-27(13-4-1)29-22-25-36(28-14-5-2-6-15-28)43-37(26-29)34-24-23-33(42-40(34)35-17-8-10-21-39(35)45-42)32-19-11-18-31-30-16-7-9-20-38(30)44-41(31)32/h1-21,23-26H,22H2. The molecule has 3 heteroatoms. The SMILES string of the molecule is C1=C(c2ccccc2)CC=C(c2ccccc2)N=C1c1ccc(-c2cccc3c2oc2ccccc23)c2oc3ccccc3c12. The van der Waals surface area contributed by atoms with Crippen molar-refractivity contribution in [1.82, 2.24) is 0 Å². The number of aliphatic imine (C=N–C) groups is 1. The van der Waals surface area contributed by atoms with Gasteiger partial charge in [0.05, 0.1) is 11.4 Å². The van der Waals surface area contributed by atoms with Crippen LogP contribution in [-0.2, 0) is 0 Å². The Bertz CT molecular complexity index is 2490. The van der Waals surface area contributed by atoms with E-state index < -0.39 is 0 Å². The first-order chi connectivity index (χ1) is 22.3. The van der Waals surface area contributed by atoms with Gasteiger partial charge in [-0.05, 0) is 47.4 Å². The van der Waals surface area contributed by atoms with E-state index in [1.807, 2.05) is 30.3 Å². The van der Waals surface area contributed by atoms with Crippen molar-refractivity contribution < 1.29 is 8.83 Å². The summed E-state index contributed by atoms with van der Waals surface area (Å²) in [7, 11) is 0. The van der Waals surface area contributed by atoms with Gasteiger partial charge in [-0.3, -0.25) is 0 Å². The third kappa shape index (κ3) is 4.24. The molecule has 1 aliphatic rings. The van der Waals surface area contributed by atoms with E-state index in [2.05, 4.69) is 121 Å². The smallest absolute Gasteiger partial charge is 0.144 e. The third-order valence-corrected chi connectivity index (χ3v) is 8.78. The molecule has 0 saturated carbocycles. The number of nitrogens with zero attached hydrogens (tertiary/aromatic N) is 1. The Hall–Kier alpha value is -5.93. The molecule has 3 nitrogen and oxygen atoms in total. The van der Waals surface area contributed by atoms with E-state index in [9.17, 15) is 0 Å². The van der Waals surface area contributed by atoms with Gasteiger partial charge in [-0.2, -0.15) is 0 Å². The van der Waals surface area contributed by atoms with Gasteiger partial charge in [0.15, 0.2) is 0 Å². The van der Waals surface area contributed by atoms with Gasteiger partial charge in [-0.1, -0.05) is 127 Å². The minimum atomic E-state index is 0.780. The van der Waals surface area contributed by atoms with Crippen LogP contribution in [0.4, 0.5) is 0 Å². The van der Waals surface area contributed by atoms with Gasteiger partial charge in [-0.15, -0.1) is 0 Å². The number of allylic oxidation sites excluding steroid dienone is 3. The summed E-state index contributed by atoms with van der Waals surface area (Å²) >= 11 is 0. The lowest BCUT2D eigenvalue weighted by Gasteiger charge is -2.11. The monoisotopic (exact) mass is 577 g/mol. The molecule has 0 radical (unpaired) electrons. The van der Waals surface area contributed by atoms with Crippen LogP contribution in [-0.4, -0.2) is 5.71 Å². The van der Waals surface area contributed by atoms with Crippen molar-refractivity contribution in [2.75, 3.05) is 0 Å². The average Bonchev–Trinajstić information content (AvgIpc) is 3.60. The Kier molecular flexibility index (Phi) is 5.88. The Morgan fingerprint density at radius 2 is 1.07 bits per heavy atom. The van der Waals surface area contributed by atoms with Crippen LogP contribution in [0.1, 0.15) is 23.1 Å². The first kappa shape index (κ1) is 25.6. The zero-order valence-electron chi connectivity index (χ0n) is 24.4. The number of para-hydroxylation sites is 3. The summed E-state index contributed by atoms with van der Waals surface area (Å²) in [5.41, 5.74) is 11.8. The van der Waals surface area contributed by atoms with Crippen molar-refractivity contribution in [3.05, 3.63) is 168 Å². The van der Waals surface area contributed by atoms with Gasteiger partial charge < -0.3 is 8.83 Å². The van der Waals surface area contributed by atoms with Crippen molar-refractivity contribution in [2.45, 2.75) is 6.42 Å². The maximum atomic E-state index is 6.71. The highest BCUT2D eigenvalue weighted by Gasteiger charge is 2.22. The summed E-state index contributed by atoms with van der Waals surface area (Å²) in [5, 5.41) is 4.32. The highest BCUT2D eigenvalue weighted by atomic mass is 16.3. The highest BCUT2D eigenvalue weighted by molar-refractivity contribution is 6.26. The Morgan fingerprint density at radius 1 is 0.467 bits per heavy atom. The normalized spacial score (nSPS) is 13.6. The van der Waals surface area contributed by atoms with E-state index >= 15 is 0 Å². The van der Waals surface area contributed by atoms with E-state index in [1.54, 1.807) is 0 Å². The zero-order chi connectivity index (χ0) is 29.7. The van der Waals surface area contributed by atoms with Crippen molar-refractivity contribution in [3.63, 3.8) is 0 Å². The van der Waals surface area contributed by atoms with Gasteiger partial charge in [-0.25, -0.2) is 4.99 Å². The van der Waals surface area contributed by atoms with Crippen LogP contribution in [0.25, 0.3) is 66.3 Å². The summed E-state index contributed by atoms with van der Waals surface area (Å²) < 4.78 is 13.2. The molecule has 0 unspecified atom stereocenters. The summed E-state index contributed by atoms with van der Waals surface area (Å²) in [4.78, 5) is 5.35. The van der Waals surface area contributed by atoms with Crippen molar-refractivity contribution in [3.8, 4) is 11.1 Å². The molecule has 212 valence electrons. The molecule has 0 spiro atoms. The molecule has 8 aromatic rings. The van der Waals surface area contributed by atoms with Crippen LogP contribution in [0.5, 0.6) is 0 Å². The molecule has 45 heavy (non-hydrogen) atoms. The van der Waals surface area contributed by atoms with E-state index in [4.69, 9.17) is 13.8 Å². The minimum Gasteiger partial charge on any atom is -0.455 e. The molecule has 9 rings (SSSR count). The summed E-state index contributed by atoms with van der Waals surface area (Å²) in [6.45, 7) is 0. The number of furan rings is 2. The number of fused-ring (bicyclic) bond motifs is 6. The molecule has 0 aliphatic carbocycles. The quantitative estimate of drug-likeness (QED) is 0.209. The first-order valence-corrected chi connectivity index (χ1v) is 15.3. The molecule has 6 aromatic carbocycles. The molecule has 3 heterocycles. The highest BCUT2D eigenvalue weighted by Crippen LogP contribution is 2.43. The molecule has 0 saturated heterocycles. The molecule has 0 atom stereocenters. The fourth-order valence-corrected chi connectivity index (χ4v) is 6.63. The topological polar surface area (TPSA) is 38.6 Å². The molecule has 0 bridgehead atoms. The predicted octanol–water partition coefficient (Wildman–Crippen LogP) is 11.5. The van der Waals surface area contributed by atoms with E-state index in [1.165, 1.54) is 11.1 Å². The second-order valence-electron chi connectivity index (χ2n) is 11.4. The Labute approximate surface area is 260 Å². The maximum Gasteiger partial charge on any atom is 0.144 e. The Morgan fingerprint density at radius 3 is 1.87 bits per heavy atom. The minimum absolute atomic E-state index is 0.780. The molecule has 2 aromatic heterocycles. The summed E-state index contributed by atoms with van der Waals surface area (Å²) in [5.74, 6) is 0. The van der Waals surface area contributed by atoms with Gasteiger partial charge in [0.1, 0.15) is 22.3 Å². The van der Waals surface area contributed by atoms with Gasteiger partial charge in [0.25, 0.3) is 0 Å². The molecular formula is C42H27NO2. The Balaban J connectivity index is 1.32. The number of rotatable bonds is 4. The average molecular weight is 578 g/mol. The van der Waals surface area contributed by atoms with Crippen LogP contribution in [0, 0.1) is 0 Å². The number of hydrogen-bond donors (Lipinski definition) is 0. The number of benzene rings is 6. The van der Waals surface area contributed by atoms with Gasteiger partial charge >= 0.3 is 0 Å². The lowest BCUT2D eigenvalue weighted by Crippen LogP contribution is -2.00. The second kappa shape index (κ2) is 10.4. The molecule has 0 amide bonds. The lowest BCUT2D eigenvalue weighted by atomic mass is 9.93. The van der Waals surface area contributed by atoms with Gasteiger partial charge in [0, 0.05) is 38.2 Å². The summed E-state index contributed by atoms with van der Waals surface area (Å²) in [6, 6.07) is 48.2. The van der Waals surface area contributed by atoms with Crippen molar-refractivity contribution >= 4 is 60.9 Å². The van der Waals surface area contributed by atoms with Crippen LogP contribution in [0.3, 0.4) is 0 Å². The second-order valence-corrected chi connectivity index (χ2v) is 11.4. The summed E-state index contributed by atoms with van der Waals surface area (Å²) in [6.07, 6.45) is 5.27. The van der Waals surface area contributed by atoms with Crippen LogP contribution in [0.2, 0.25) is 0 Å². The van der Waals surface area contributed by atoms with Crippen molar-refractivity contribution in [2.24, 2.45) is 4.99 Å². The van der Waals surface area contributed by atoms with Crippen LogP contribution in [0.15, 0.2) is 166 Å². The van der Waals surface area contributed by atoms with Crippen LogP contribution < -0.4 is 0 Å². The lowest BCUT2D eigenvalue weighted by molar-refractivity contribution is 0.665. The third-order valence-electron chi connectivity index (χ3n) is 8.78. The molecule has 1 aliphatic heterocycles. The first-order valence-electron chi connectivity index (χ1n) is 15.3. The van der Waals surface area contributed by atoms with E-state index in [0.29, 0.717) is 0 Å². The van der Waals surface area contributed by atoms with E-state index in [-0.39, 0.29) is 0 Å². The zero-order valence-corrected chi connectivity index (χ0v) is 24.4. The van der Waals surface area contributed by atoms with Gasteiger partial charge in [0.2, 0.25) is 0 Å². The number of hydrogen-bond acceptors (Lipinski definition) is 3. The van der Waals surface area contributed by atoms with Crippen molar-refractivity contribution in [1.29, 1.82) is 0 Å². The molecular weight excluding hydrogens is 550 g/mol. The largest absolute Gasteiger partial charge is 0.455 e. The predicted molar refractivity (Wildman–Crippen MR) is 186 cm³/mol. The maximum absolute atomic E-state index is 6.71. The molecule has 0 N–H and O–H groups in total. The van der Waals surface area contributed by atoms with Crippen LogP contribution >= 0.6 is 0 Å². The fourth-order valence-electron chi connectivity index (χ4n) is 6.63. The fraction of sp³-hybridized carbons (Fsp3) is 0.0238. The molecule has 0 fully saturated rings. The van der Waals surface area contributed by atoms with E-state index in [0.717, 1.165) is 84.0 Å².